The Morgan fingerprint density at radius 3 is 1.85 bits per heavy atom. The standard InChI is InChI=1S/C39H48N2O10S2/c1-38(2)30-26-28(52(46,47)48)20-22-32(30)40(24-14-8-12-18-36(42)43)34(38)16-10-6-5-7-11-17-35-39(3,4)31-27-29(53(49,50)51)21-23-33(31)41(35)25-15-9-13-19-37(44)45/h5-7,10-11,16-17,20-23,26-27H,8-9,12-15,18-19,24-25H2,1-4H3,(H3-,42,43,44,45,46,47,48,49,50,51)/p+1. The zero-order valence-corrected chi connectivity index (χ0v) is 32.2. The van der Waals surface area contributed by atoms with Crippen molar-refractivity contribution in [2.75, 3.05) is 18.0 Å². The lowest BCUT2D eigenvalue weighted by atomic mass is 9.81. The van der Waals surface area contributed by atoms with E-state index in [-0.39, 0.29) is 22.6 Å². The molecule has 2 aliphatic rings. The van der Waals surface area contributed by atoms with Crippen molar-refractivity contribution in [1.29, 1.82) is 0 Å². The van der Waals surface area contributed by atoms with Gasteiger partial charge in [-0.2, -0.15) is 21.4 Å². The van der Waals surface area contributed by atoms with E-state index in [9.17, 15) is 35.5 Å². The summed E-state index contributed by atoms with van der Waals surface area (Å²) in [5.74, 6) is -1.67. The predicted octanol–water partition coefficient (Wildman–Crippen LogP) is 7.20. The Kier molecular flexibility index (Phi) is 13.1. The fraction of sp³-hybridized carbons (Fsp3) is 0.410. The van der Waals surface area contributed by atoms with Crippen LogP contribution in [0.2, 0.25) is 0 Å². The molecule has 0 spiro atoms. The first-order chi connectivity index (χ1) is 24.8. The first-order valence-corrected chi connectivity index (χ1v) is 20.5. The smallest absolute Gasteiger partial charge is 0.303 e. The van der Waals surface area contributed by atoms with Gasteiger partial charge in [0.05, 0.1) is 15.2 Å². The van der Waals surface area contributed by atoms with Gasteiger partial charge >= 0.3 is 11.9 Å². The summed E-state index contributed by atoms with van der Waals surface area (Å²) in [4.78, 5) is 23.7. The Labute approximate surface area is 312 Å². The highest BCUT2D eigenvalue weighted by Crippen LogP contribution is 2.48. The van der Waals surface area contributed by atoms with Gasteiger partial charge in [-0.3, -0.25) is 18.7 Å². The van der Waals surface area contributed by atoms with E-state index in [1.807, 2.05) is 70.2 Å². The Morgan fingerprint density at radius 1 is 0.698 bits per heavy atom. The second-order valence-electron chi connectivity index (χ2n) is 14.3. The summed E-state index contributed by atoms with van der Waals surface area (Å²) in [5, 5.41) is 18.0. The van der Waals surface area contributed by atoms with Crippen molar-refractivity contribution >= 4 is 49.3 Å². The van der Waals surface area contributed by atoms with Gasteiger partial charge in [0.15, 0.2) is 5.71 Å². The van der Waals surface area contributed by atoms with Crippen LogP contribution >= 0.6 is 0 Å². The average molecular weight is 770 g/mol. The van der Waals surface area contributed by atoms with Crippen LogP contribution in [-0.2, 0) is 40.7 Å². The van der Waals surface area contributed by atoms with Gasteiger partial charge in [-0.1, -0.05) is 50.6 Å². The average Bonchev–Trinajstić information content (AvgIpc) is 3.40. The van der Waals surface area contributed by atoms with Crippen molar-refractivity contribution in [2.24, 2.45) is 0 Å². The molecule has 2 aliphatic heterocycles. The molecule has 0 saturated carbocycles. The minimum atomic E-state index is -4.40. The SMILES string of the molecule is CC1(C)C(=C/C=C/C=C/C=C/C2=[N+](CCCCCC(=O)O)c3ccc(S(=O)(=O)O)cc3C2(C)C)N(CCCCCC(=O)O)c2ccc(S(=O)(=O)O)cc21. The highest BCUT2D eigenvalue weighted by atomic mass is 32.2. The summed E-state index contributed by atoms with van der Waals surface area (Å²) in [6, 6.07) is 9.14. The van der Waals surface area contributed by atoms with Crippen LogP contribution in [0.15, 0.2) is 94.4 Å². The lowest BCUT2D eigenvalue weighted by molar-refractivity contribution is -0.438. The molecule has 0 radical (unpaired) electrons. The number of carbonyl (C=O) groups is 2. The predicted molar refractivity (Wildman–Crippen MR) is 203 cm³/mol. The van der Waals surface area contributed by atoms with E-state index >= 15 is 0 Å². The van der Waals surface area contributed by atoms with E-state index in [1.54, 1.807) is 12.1 Å². The van der Waals surface area contributed by atoms with E-state index in [4.69, 9.17) is 10.2 Å². The number of carboxylic acids is 2. The van der Waals surface area contributed by atoms with Crippen molar-refractivity contribution in [3.63, 3.8) is 0 Å². The molecule has 0 aliphatic carbocycles. The van der Waals surface area contributed by atoms with Gasteiger partial charge in [0.25, 0.3) is 20.2 Å². The zero-order valence-electron chi connectivity index (χ0n) is 30.5. The molecule has 12 nitrogen and oxygen atoms in total. The van der Waals surface area contributed by atoms with Crippen molar-refractivity contribution in [3.8, 4) is 0 Å². The number of hydrogen-bond donors (Lipinski definition) is 4. The molecule has 2 heterocycles. The lowest BCUT2D eigenvalue weighted by Gasteiger charge is -2.27. The van der Waals surface area contributed by atoms with Gasteiger partial charge in [0.1, 0.15) is 6.54 Å². The molecule has 53 heavy (non-hydrogen) atoms. The second-order valence-corrected chi connectivity index (χ2v) is 17.2. The van der Waals surface area contributed by atoms with Gasteiger partial charge in [-0.05, 0) is 81.5 Å². The molecule has 14 heteroatoms. The van der Waals surface area contributed by atoms with Crippen molar-refractivity contribution in [1.82, 2.24) is 0 Å². The van der Waals surface area contributed by atoms with Gasteiger partial charge in [0, 0.05) is 60.3 Å². The fourth-order valence-electron chi connectivity index (χ4n) is 7.04. The summed E-state index contributed by atoms with van der Waals surface area (Å²) < 4.78 is 69.3. The molecular weight excluding hydrogens is 721 g/mol. The number of carboxylic acid groups (broad SMARTS) is 2. The zero-order chi connectivity index (χ0) is 39.2. The third-order valence-corrected chi connectivity index (χ3v) is 11.5. The molecule has 0 fully saturated rings. The molecule has 0 saturated heterocycles. The molecule has 0 unspecified atom stereocenters. The molecule has 4 N–H and O–H groups in total. The maximum atomic E-state index is 11.9. The van der Waals surface area contributed by atoms with Gasteiger partial charge in [0.2, 0.25) is 5.69 Å². The number of rotatable bonds is 18. The Bertz CT molecular complexity index is 2110. The Hall–Kier alpha value is -4.37. The molecule has 2 aromatic carbocycles. The van der Waals surface area contributed by atoms with Crippen LogP contribution < -0.4 is 4.90 Å². The summed E-state index contributed by atoms with van der Waals surface area (Å²) >= 11 is 0. The number of aliphatic carboxylic acids is 2. The van der Waals surface area contributed by atoms with Crippen LogP contribution in [0.25, 0.3) is 0 Å². The van der Waals surface area contributed by atoms with Crippen LogP contribution in [0.1, 0.15) is 90.2 Å². The molecule has 0 bridgehead atoms. The second kappa shape index (κ2) is 16.8. The first-order valence-electron chi connectivity index (χ1n) is 17.6. The molecule has 0 amide bonds. The molecule has 4 rings (SSSR count). The van der Waals surface area contributed by atoms with E-state index in [0.29, 0.717) is 38.8 Å². The largest absolute Gasteiger partial charge is 0.481 e. The van der Waals surface area contributed by atoms with Crippen molar-refractivity contribution in [3.05, 3.63) is 95.8 Å². The van der Waals surface area contributed by atoms with E-state index < -0.39 is 43.0 Å². The third-order valence-electron chi connectivity index (χ3n) is 9.82. The van der Waals surface area contributed by atoms with E-state index in [1.165, 1.54) is 24.3 Å². The van der Waals surface area contributed by atoms with E-state index in [0.717, 1.165) is 46.8 Å². The lowest BCUT2D eigenvalue weighted by Crippen LogP contribution is -2.28. The Balaban J connectivity index is 1.57. The molecule has 0 atom stereocenters. The maximum Gasteiger partial charge on any atom is 0.303 e. The maximum absolute atomic E-state index is 11.9. The van der Waals surface area contributed by atoms with Crippen LogP contribution in [0, 0.1) is 0 Å². The van der Waals surface area contributed by atoms with Crippen LogP contribution in [-0.4, -0.2) is 71.5 Å². The number of benzene rings is 2. The summed E-state index contributed by atoms with van der Waals surface area (Å²) in [5.41, 5.74) is 3.79. The van der Waals surface area contributed by atoms with Crippen molar-refractivity contribution < 1.29 is 50.3 Å². The number of nitrogens with zero attached hydrogens (tertiary/aromatic N) is 2. The summed E-state index contributed by atoms with van der Waals surface area (Å²) in [7, 11) is -8.81. The van der Waals surface area contributed by atoms with Gasteiger partial charge < -0.3 is 15.1 Å². The van der Waals surface area contributed by atoms with Gasteiger partial charge in [-0.15, -0.1) is 0 Å². The highest BCUT2D eigenvalue weighted by Gasteiger charge is 2.45. The highest BCUT2D eigenvalue weighted by molar-refractivity contribution is 7.86. The van der Waals surface area contributed by atoms with Crippen molar-refractivity contribution in [2.45, 2.75) is 99.7 Å². The first kappa shape index (κ1) is 41.4. The number of anilines is 1. The normalized spacial score (nSPS) is 17.5. The van der Waals surface area contributed by atoms with Crippen LogP contribution in [0.3, 0.4) is 0 Å². The molecular formula is C39H49N2O10S2+. The van der Waals surface area contributed by atoms with Crippen LogP contribution in [0.5, 0.6) is 0 Å². The summed E-state index contributed by atoms with van der Waals surface area (Å²) in [6.07, 6.45) is 17.5. The Morgan fingerprint density at radius 2 is 1.25 bits per heavy atom. The minimum absolute atomic E-state index is 0.0945. The minimum Gasteiger partial charge on any atom is -0.481 e. The molecule has 286 valence electrons. The number of fused-ring (bicyclic) bond motifs is 2. The molecule has 2 aromatic rings. The quantitative estimate of drug-likeness (QED) is 0.0519. The van der Waals surface area contributed by atoms with E-state index in [2.05, 4.69) is 9.48 Å². The summed E-state index contributed by atoms with van der Waals surface area (Å²) in [6.45, 7) is 9.13. The number of allylic oxidation sites excluding steroid dienone is 8. The topological polar surface area (TPSA) is 190 Å². The third kappa shape index (κ3) is 9.99. The number of hydrogen-bond acceptors (Lipinski definition) is 7. The molecule has 0 aromatic heterocycles. The monoisotopic (exact) mass is 769 g/mol. The number of unbranched alkanes of at least 4 members (excludes halogenated alkanes) is 4. The van der Waals surface area contributed by atoms with Gasteiger partial charge in [-0.25, -0.2) is 0 Å². The fourth-order valence-corrected chi connectivity index (χ4v) is 8.06. The van der Waals surface area contributed by atoms with Crippen LogP contribution in [0.4, 0.5) is 11.4 Å².